The molecule has 0 spiro atoms. The van der Waals surface area contributed by atoms with Crippen LogP contribution < -0.4 is 0 Å². The van der Waals surface area contributed by atoms with E-state index in [-0.39, 0.29) is 19.0 Å². The summed E-state index contributed by atoms with van der Waals surface area (Å²) in [7, 11) is 0. The van der Waals surface area contributed by atoms with E-state index in [9.17, 15) is 9.50 Å². The predicted molar refractivity (Wildman–Crippen MR) is 114 cm³/mol. The highest BCUT2D eigenvalue weighted by Crippen LogP contribution is 2.35. The number of nitrogens with one attached hydrogen (secondary N) is 1. The van der Waals surface area contributed by atoms with Crippen molar-refractivity contribution in [3.05, 3.63) is 71.2 Å². The number of aliphatic hydroxyl groups is 1. The minimum Gasteiger partial charge on any atom is -0.389 e. The average molecular weight is 397 g/mol. The van der Waals surface area contributed by atoms with E-state index in [2.05, 4.69) is 41.1 Å². The Labute approximate surface area is 171 Å². The largest absolute Gasteiger partial charge is 0.389 e. The highest BCUT2D eigenvalue weighted by atomic mass is 19.1. The molecule has 1 aromatic heterocycles. The number of hydrogen-bond acceptors (Lipinski definition) is 3. The smallest absolute Gasteiger partial charge is 0.128 e. The van der Waals surface area contributed by atoms with Crippen LogP contribution in [0.3, 0.4) is 0 Å². The number of piperidine rings is 1. The van der Waals surface area contributed by atoms with Crippen molar-refractivity contribution in [2.75, 3.05) is 26.2 Å². The second-order valence-electron chi connectivity index (χ2n) is 8.04. The molecule has 0 amide bonds. The Morgan fingerprint density at radius 2 is 1.86 bits per heavy atom. The second-order valence-corrected chi connectivity index (χ2v) is 8.04. The highest BCUT2D eigenvalue weighted by Gasteiger charge is 2.25. The van der Waals surface area contributed by atoms with Crippen LogP contribution in [-0.4, -0.2) is 47.3 Å². The minimum atomic E-state index is -0.562. The van der Waals surface area contributed by atoms with Crippen LogP contribution in [0.5, 0.6) is 0 Å². The summed E-state index contributed by atoms with van der Waals surface area (Å²) in [4.78, 5) is 5.81. The monoisotopic (exact) mass is 396 g/mol. The van der Waals surface area contributed by atoms with Gasteiger partial charge in [-0.05, 0) is 56.5 Å². The van der Waals surface area contributed by atoms with Gasteiger partial charge in [-0.3, -0.25) is 0 Å². The van der Waals surface area contributed by atoms with Crippen molar-refractivity contribution < 1.29 is 14.2 Å². The molecule has 2 aromatic carbocycles. The molecule has 0 bridgehead atoms. The number of likely N-dealkylation sites (tertiary alicyclic amines) is 1. The number of β-amino-alcohol motifs (C(OH)–C–C–N with tert-alkyl or cyclic N) is 1. The molecule has 1 atom stereocenters. The number of aliphatic hydroxyl groups excluding tert-OH is 1. The summed E-state index contributed by atoms with van der Waals surface area (Å²) in [6.45, 7) is 5.10. The third kappa shape index (κ3) is 4.69. The summed E-state index contributed by atoms with van der Waals surface area (Å²) < 4.78 is 19.1. The molecule has 5 heteroatoms. The first kappa shape index (κ1) is 20.1. The normalized spacial score (nSPS) is 17.1. The molecule has 4 nitrogen and oxygen atoms in total. The molecular weight excluding hydrogens is 367 g/mol. The van der Waals surface area contributed by atoms with Crippen molar-refractivity contribution in [2.24, 2.45) is 0 Å². The molecule has 0 aliphatic carbocycles. The van der Waals surface area contributed by atoms with E-state index in [1.807, 2.05) is 0 Å². The standard InChI is InChI=1S/C24H29FN2O2/c1-17-24(21-7-3-5-9-23(21)26-17)18-10-12-27(13-11-18)14-20(28)16-29-15-19-6-2-4-8-22(19)25/h2-9,18,20,26,28H,10-16H2,1H3. The fraction of sp³-hybridized carbons (Fsp3) is 0.417. The van der Waals surface area contributed by atoms with E-state index in [1.165, 1.54) is 28.2 Å². The van der Waals surface area contributed by atoms with E-state index in [0.29, 0.717) is 18.0 Å². The van der Waals surface area contributed by atoms with E-state index in [4.69, 9.17) is 4.74 Å². The van der Waals surface area contributed by atoms with Crippen molar-refractivity contribution >= 4 is 10.9 Å². The van der Waals surface area contributed by atoms with Gasteiger partial charge in [-0.1, -0.05) is 36.4 Å². The number of hydrogen-bond donors (Lipinski definition) is 2. The molecule has 1 saturated heterocycles. The molecule has 1 fully saturated rings. The number of ether oxygens (including phenoxy) is 1. The van der Waals surface area contributed by atoms with Crippen LogP contribution in [0.1, 0.15) is 35.6 Å². The average Bonchev–Trinajstić information content (AvgIpc) is 3.06. The first-order chi connectivity index (χ1) is 14.1. The van der Waals surface area contributed by atoms with Gasteiger partial charge in [0, 0.05) is 28.7 Å². The number of halogens is 1. The first-order valence-electron chi connectivity index (χ1n) is 10.4. The molecule has 1 aliphatic rings. The Hall–Kier alpha value is -2.21. The van der Waals surface area contributed by atoms with Crippen LogP contribution in [0.15, 0.2) is 48.5 Å². The van der Waals surface area contributed by atoms with Crippen LogP contribution in [-0.2, 0) is 11.3 Å². The van der Waals surface area contributed by atoms with Gasteiger partial charge in [0.05, 0.1) is 19.3 Å². The zero-order valence-electron chi connectivity index (χ0n) is 16.9. The van der Waals surface area contributed by atoms with Gasteiger partial charge in [0.25, 0.3) is 0 Å². The molecule has 4 rings (SSSR count). The predicted octanol–water partition coefficient (Wildman–Crippen LogP) is 4.37. The van der Waals surface area contributed by atoms with Gasteiger partial charge in [0.15, 0.2) is 0 Å². The summed E-state index contributed by atoms with van der Waals surface area (Å²) in [5.41, 5.74) is 4.46. The van der Waals surface area contributed by atoms with Crippen molar-refractivity contribution in [3.63, 3.8) is 0 Å². The lowest BCUT2D eigenvalue weighted by Gasteiger charge is -2.33. The zero-order valence-corrected chi connectivity index (χ0v) is 16.9. The summed E-state index contributed by atoms with van der Waals surface area (Å²) in [6, 6.07) is 15.1. The topological polar surface area (TPSA) is 48.5 Å². The molecule has 0 radical (unpaired) electrons. The Kier molecular flexibility index (Phi) is 6.28. The van der Waals surface area contributed by atoms with Crippen molar-refractivity contribution in [2.45, 2.75) is 38.4 Å². The molecular formula is C24H29FN2O2. The van der Waals surface area contributed by atoms with E-state index >= 15 is 0 Å². The number of para-hydroxylation sites is 1. The Morgan fingerprint density at radius 3 is 2.66 bits per heavy atom. The van der Waals surface area contributed by atoms with Gasteiger partial charge in [-0.15, -0.1) is 0 Å². The molecule has 0 saturated carbocycles. The Bertz CT molecular complexity index is 947. The molecule has 3 aromatic rings. The van der Waals surface area contributed by atoms with Gasteiger partial charge >= 0.3 is 0 Å². The molecule has 1 aliphatic heterocycles. The third-order valence-electron chi connectivity index (χ3n) is 5.93. The summed E-state index contributed by atoms with van der Waals surface area (Å²) in [6.07, 6.45) is 1.62. The van der Waals surface area contributed by atoms with Crippen LogP contribution in [0.4, 0.5) is 4.39 Å². The van der Waals surface area contributed by atoms with E-state index < -0.39 is 6.10 Å². The van der Waals surface area contributed by atoms with Crippen LogP contribution >= 0.6 is 0 Å². The Morgan fingerprint density at radius 1 is 1.14 bits per heavy atom. The van der Waals surface area contributed by atoms with E-state index in [0.717, 1.165) is 25.9 Å². The lowest BCUT2D eigenvalue weighted by atomic mass is 9.87. The van der Waals surface area contributed by atoms with Crippen molar-refractivity contribution in [3.8, 4) is 0 Å². The maximum atomic E-state index is 13.6. The molecule has 1 unspecified atom stereocenters. The molecule has 2 N–H and O–H groups in total. The number of H-pyrrole nitrogens is 1. The van der Waals surface area contributed by atoms with Crippen LogP contribution in [0.2, 0.25) is 0 Å². The lowest BCUT2D eigenvalue weighted by Crippen LogP contribution is -2.39. The van der Waals surface area contributed by atoms with Crippen molar-refractivity contribution in [1.82, 2.24) is 9.88 Å². The molecule has 2 heterocycles. The number of aromatic amines is 1. The molecule has 29 heavy (non-hydrogen) atoms. The van der Waals surface area contributed by atoms with Gasteiger partial charge in [0.2, 0.25) is 0 Å². The van der Waals surface area contributed by atoms with Crippen molar-refractivity contribution in [1.29, 1.82) is 0 Å². The summed E-state index contributed by atoms with van der Waals surface area (Å²) in [5, 5.41) is 11.7. The number of rotatable bonds is 7. The Balaban J connectivity index is 1.25. The minimum absolute atomic E-state index is 0.186. The summed E-state index contributed by atoms with van der Waals surface area (Å²) in [5.74, 6) is 0.286. The van der Waals surface area contributed by atoms with E-state index in [1.54, 1.807) is 18.2 Å². The van der Waals surface area contributed by atoms with Crippen LogP contribution in [0, 0.1) is 12.7 Å². The molecule has 154 valence electrons. The van der Waals surface area contributed by atoms with Gasteiger partial charge < -0.3 is 19.7 Å². The quantitative estimate of drug-likeness (QED) is 0.623. The zero-order chi connectivity index (χ0) is 20.2. The number of fused-ring (bicyclic) bond motifs is 1. The maximum absolute atomic E-state index is 13.6. The number of aryl methyl sites for hydroxylation is 1. The number of nitrogens with zero attached hydrogens (tertiary/aromatic N) is 1. The first-order valence-corrected chi connectivity index (χ1v) is 10.4. The summed E-state index contributed by atoms with van der Waals surface area (Å²) >= 11 is 0. The van der Waals surface area contributed by atoms with Crippen LogP contribution in [0.25, 0.3) is 10.9 Å². The fourth-order valence-electron chi connectivity index (χ4n) is 4.50. The maximum Gasteiger partial charge on any atom is 0.128 e. The van der Waals surface area contributed by atoms with Gasteiger partial charge in [-0.2, -0.15) is 0 Å². The van der Waals surface area contributed by atoms with Gasteiger partial charge in [-0.25, -0.2) is 4.39 Å². The third-order valence-corrected chi connectivity index (χ3v) is 5.93. The highest BCUT2D eigenvalue weighted by molar-refractivity contribution is 5.85. The second kappa shape index (κ2) is 9.08. The SMILES string of the molecule is Cc1[nH]c2ccccc2c1C1CCN(CC(O)COCc2ccccc2F)CC1. The number of benzene rings is 2. The lowest BCUT2D eigenvalue weighted by molar-refractivity contribution is 0.00552. The van der Waals surface area contributed by atoms with Gasteiger partial charge in [0.1, 0.15) is 5.82 Å². The fourth-order valence-corrected chi connectivity index (χ4v) is 4.50. The number of aromatic nitrogens is 1.